The van der Waals surface area contributed by atoms with Crippen LogP contribution in [0, 0.1) is 5.92 Å². The second kappa shape index (κ2) is 9.71. The molecule has 0 saturated heterocycles. The molecule has 0 spiro atoms. The van der Waals surface area contributed by atoms with Gasteiger partial charge in [0.15, 0.2) is 5.78 Å². The summed E-state index contributed by atoms with van der Waals surface area (Å²) in [5.41, 5.74) is 2.19. The third-order valence-corrected chi connectivity index (χ3v) is 7.10. The summed E-state index contributed by atoms with van der Waals surface area (Å²) in [6.45, 7) is 3.50. The summed E-state index contributed by atoms with van der Waals surface area (Å²) in [5, 5.41) is 3.57. The molecule has 0 bridgehead atoms. The molecular weight excluding hydrogens is 471 g/mol. The predicted octanol–water partition coefficient (Wildman–Crippen LogP) is 4.22. The van der Waals surface area contributed by atoms with Crippen LogP contribution in [0.15, 0.2) is 41.8 Å². The highest BCUT2D eigenvalue weighted by atomic mass is 32.2. The number of carbonyl (C=O) groups excluding carboxylic acids is 1. The van der Waals surface area contributed by atoms with E-state index in [0.29, 0.717) is 27.8 Å². The van der Waals surface area contributed by atoms with E-state index in [2.05, 4.69) is 20.3 Å². The number of hydrogen-bond donors (Lipinski definition) is 2. The summed E-state index contributed by atoms with van der Waals surface area (Å²) in [6, 6.07) is 2.40. The summed E-state index contributed by atoms with van der Waals surface area (Å²) >= 11 is 0. The maximum absolute atomic E-state index is 12.6. The monoisotopic (exact) mass is 497 g/mol. The van der Waals surface area contributed by atoms with Gasteiger partial charge in [-0.15, -0.1) is 0 Å². The molecule has 0 radical (unpaired) electrons. The smallest absolute Gasteiger partial charge is 0.374 e. The Balaban J connectivity index is 1.92. The first kappa shape index (κ1) is 25.6. The predicted molar refractivity (Wildman–Crippen MR) is 123 cm³/mol. The molecule has 3 aromatic heterocycles. The van der Waals surface area contributed by atoms with Gasteiger partial charge in [-0.05, 0) is 18.1 Å². The van der Waals surface area contributed by atoms with E-state index >= 15 is 0 Å². The highest BCUT2D eigenvalue weighted by molar-refractivity contribution is 7.89. The Hall–Kier alpha value is -2.99. The lowest BCUT2D eigenvalue weighted by Gasteiger charge is -2.22. The summed E-state index contributed by atoms with van der Waals surface area (Å²) in [5.74, 6) is -0.784. The summed E-state index contributed by atoms with van der Waals surface area (Å²) < 4.78 is 63.8. The van der Waals surface area contributed by atoms with E-state index in [1.54, 1.807) is 32.3 Å². The van der Waals surface area contributed by atoms with Crippen molar-refractivity contribution in [3.05, 3.63) is 36.9 Å². The zero-order valence-electron chi connectivity index (χ0n) is 19.1. The normalized spacial score (nSPS) is 13.6. The van der Waals surface area contributed by atoms with Gasteiger partial charge in [-0.3, -0.25) is 9.78 Å². The molecule has 12 heteroatoms. The number of alkyl halides is 3. The standard InChI is InChI=1S/C22H26F3N5O3S/c1-13(2)20(19(31)5-6-22(23,24)25)29-15-7-14(9-26-10-15)18-12-28-21-17(18)8-16(11-27-21)34(32,33)30(3)4/h7-13,20,29H,5-6H2,1-4H3,(H,27,28). The molecule has 3 rings (SSSR count). The highest BCUT2D eigenvalue weighted by Crippen LogP contribution is 2.31. The number of nitrogens with one attached hydrogen (secondary N) is 2. The number of halogens is 3. The lowest BCUT2D eigenvalue weighted by atomic mass is 9.96. The van der Waals surface area contributed by atoms with E-state index in [-0.39, 0.29) is 10.8 Å². The molecule has 184 valence electrons. The fraction of sp³-hybridized carbons (Fsp3) is 0.409. The SMILES string of the molecule is CC(C)C(Nc1cncc(-c2c[nH]c3ncc(S(=O)(=O)N(C)C)cc23)c1)C(=O)CCC(F)(F)F. The largest absolute Gasteiger partial charge is 0.389 e. The number of aromatic amines is 1. The number of fused-ring (bicyclic) bond motifs is 1. The number of ketones is 1. The zero-order chi connectivity index (χ0) is 25.3. The maximum atomic E-state index is 12.6. The van der Waals surface area contributed by atoms with Crippen molar-refractivity contribution in [3.63, 3.8) is 0 Å². The van der Waals surface area contributed by atoms with Crippen molar-refractivity contribution in [3.8, 4) is 11.1 Å². The van der Waals surface area contributed by atoms with Crippen molar-refractivity contribution >= 4 is 32.5 Å². The van der Waals surface area contributed by atoms with Crippen LogP contribution in [-0.4, -0.2) is 59.8 Å². The second-order valence-corrected chi connectivity index (χ2v) is 10.6. The first-order valence-electron chi connectivity index (χ1n) is 10.5. The molecule has 34 heavy (non-hydrogen) atoms. The number of pyridine rings is 2. The molecule has 3 aromatic rings. The minimum absolute atomic E-state index is 0.0308. The van der Waals surface area contributed by atoms with E-state index in [1.165, 1.54) is 32.6 Å². The summed E-state index contributed by atoms with van der Waals surface area (Å²) in [7, 11) is -0.836. The van der Waals surface area contributed by atoms with Gasteiger partial charge in [0.05, 0.1) is 18.2 Å². The van der Waals surface area contributed by atoms with Gasteiger partial charge < -0.3 is 10.3 Å². The first-order valence-corrected chi connectivity index (χ1v) is 11.9. The topological polar surface area (TPSA) is 108 Å². The van der Waals surface area contributed by atoms with Crippen LogP contribution in [0.3, 0.4) is 0 Å². The third kappa shape index (κ3) is 5.73. The number of carbonyl (C=O) groups is 1. The number of aromatic nitrogens is 3. The number of H-pyrrole nitrogens is 1. The van der Waals surface area contributed by atoms with E-state index in [9.17, 15) is 26.4 Å². The molecule has 0 aliphatic carbocycles. The molecule has 0 fully saturated rings. The number of anilines is 1. The van der Waals surface area contributed by atoms with Crippen LogP contribution in [0.5, 0.6) is 0 Å². The van der Waals surface area contributed by atoms with Crippen LogP contribution in [0.4, 0.5) is 18.9 Å². The molecule has 3 heterocycles. The molecule has 0 aromatic carbocycles. The van der Waals surface area contributed by atoms with Crippen molar-refractivity contribution in [2.75, 3.05) is 19.4 Å². The van der Waals surface area contributed by atoms with Crippen molar-refractivity contribution < 1.29 is 26.4 Å². The van der Waals surface area contributed by atoms with Gasteiger partial charge in [0.1, 0.15) is 10.5 Å². The zero-order valence-corrected chi connectivity index (χ0v) is 20.0. The Labute approximate surface area is 195 Å². The number of hydrogen-bond acceptors (Lipinski definition) is 6. The van der Waals surface area contributed by atoms with Crippen LogP contribution in [-0.2, 0) is 14.8 Å². The Morgan fingerprint density at radius 2 is 1.88 bits per heavy atom. The number of Topliss-reactive ketones (excluding diaryl/α,β-unsaturated/α-hetero) is 1. The van der Waals surface area contributed by atoms with E-state index in [0.717, 1.165) is 4.31 Å². The molecule has 0 aliphatic rings. The fourth-order valence-electron chi connectivity index (χ4n) is 3.46. The maximum Gasteiger partial charge on any atom is 0.389 e. The van der Waals surface area contributed by atoms with Crippen molar-refractivity contribution in [1.29, 1.82) is 0 Å². The molecule has 0 aliphatic heterocycles. The number of rotatable bonds is 9. The molecule has 1 unspecified atom stereocenters. The molecular formula is C22H26F3N5O3S. The van der Waals surface area contributed by atoms with Crippen LogP contribution < -0.4 is 5.32 Å². The Kier molecular flexibility index (Phi) is 7.32. The average molecular weight is 498 g/mol. The fourth-order valence-corrected chi connectivity index (χ4v) is 4.33. The number of nitrogens with zero attached hydrogens (tertiary/aromatic N) is 3. The quantitative estimate of drug-likeness (QED) is 0.458. The summed E-state index contributed by atoms with van der Waals surface area (Å²) in [4.78, 5) is 23.9. The van der Waals surface area contributed by atoms with Crippen LogP contribution in [0.2, 0.25) is 0 Å². The van der Waals surface area contributed by atoms with E-state index < -0.39 is 40.9 Å². The minimum Gasteiger partial charge on any atom is -0.374 e. The third-order valence-electron chi connectivity index (χ3n) is 5.32. The Morgan fingerprint density at radius 1 is 1.18 bits per heavy atom. The van der Waals surface area contributed by atoms with Gasteiger partial charge in [-0.1, -0.05) is 13.8 Å². The van der Waals surface area contributed by atoms with E-state index in [4.69, 9.17) is 0 Å². The van der Waals surface area contributed by atoms with Gasteiger partial charge in [-0.2, -0.15) is 13.2 Å². The van der Waals surface area contributed by atoms with Crippen LogP contribution in [0.25, 0.3) is 22.2 Å². The van der Waals surface area contributed by atoms with Gasteiger partial charge in [0, 0.05) is 61.8 Å². The average Bonchev–Trinajstić information content (AvgIpc) is 3.18. The van der Waals surface area contributed by atoms with Gasteiger partial charge in [0.2, 0.25) is 10.0 Å². The Bertz CT molecular complexity index is 1290. The molecule has 2 N–H and O–H groups in total. The molecule has 0 amide bonds. The van der Waals surface area contributed by atoms with Gasteiger partial charge in [-0.25, -0.2) is 17.7 Å². The van der Waals surface area contributed by atoms with Crippen LogP contribution >= 0.6 is 0 Å². The van der Waals surface area contributed by atoms with Crippen molar-refractivity contribution in [2.24, 2.45) is 5.92 Å². The second-order valence-electron chi connectivity index (χ2n) is 8.47. The lowest BCUT2D eigenvalue weighted by molar-refractivity contribution is -0.143. The Morgan fingerprint density at radius 3 is 2.50 bits per heavy atom. The van der Waals surface area contributed by atoms with Crippen LogP contribution in [0.1, 0.15) is 26.7 Å². The number of sulfonamides is 1. The van der Waals surface area contributed by atoms with Gasteiger partial charge >= 0.3 is 6.18 Å². The molecule has 0 saturated carbocycles. The van der Waals surface area contributed by atoms with E-state index in [1.807, 2.05) is 0 Å². The highest BCUT2D eigenvalue weighted by Gasteiger charge is 2.31. The first-order chi connectivity index (χ1) is 15.8. The van der Waals surface area contributed by atoms with Crippen molar-refractivity contribution in [1.82, 2.24) is 19.3 Å². The minimum atomic E-state index is -4.40. The molecule has 1 atom stereocenters. The van der Waals surface area contributed by atoms with Gasteiger partial charge in [0.25, 0.3) is 0 Å². The van der Waals surface area contributed by atoms with Crippen molar-refractivity contribution in [2.45, 2.75) is 43.8 Å². The summed E-state index contributed by atoms with van der Waals surface area (Å²) in [6.07, 6.45) is -0.200. The molecule has 8 nitrogen and oxygen atoms in total. The lowest BCUT2D eigenvalue weighted by Crippen LogP contribution is -2.35.